The van der Waals surface area contributed by atoms with E-state index in [0.29, 0.717) is 31.0 Å². The first-order chi connectivity index (χ1) is 18.0. The second-order valence-electron chi connectivity index (χ2n) is 10.7. The molecule has 37 heavy (non-hydrogen) atoms. The van der Waals surface area contributed by atoms with Crippen molar-refractivity contribution >= 4 is 11.8 Å². The molecule has 2 heterocycles. The van der Waals surface area contributed by atoms with E-state index in [9.17, 15) is 9.59 Å². The smallest absolute Gasteiger partial charge is 0.255 e. The normalized spacial score (nSPS) is 17.0. The largest absolute Gasteiger partial charge is 0.354 e. The maximum absolute atomic E-state index is 13.5. The third-order valence-corrected chi connectivity index (χ3v) is 7.97. The topological polar surface area (TPSA) is 52.7 Å². The van der Waals surface area contributed by atoms with Gasteiger partial charge in [0.05, 0.1) is 0 Å². The number of piperidine rings is 1. The predicted octanol–water partition coefficient (Wildman–Crippen LogP) is 4.90. The van der Waals surface area contributed by atoms with Crippen LogP contribution >= 0.6 is 0 Å². The number of carbonyl (C=O) groups is 2. The highest BCUT2D eigenvalue weighted by Gasteiger charge is 2.36. The lowest BCUT2D eigenvalue weighted by Gasteiger charge is -2.33. The van der Waals surface area contributed by atoms with Gasteiger partial charge in [-0.25, -0.2) is 0 Å². The number of fused-ring (bicyclic) bond motifs is 1. The Morgan fingerprint density at radius 1 is 0.973 bits per heavy atom. The molecule has 5 heteroatoms. The third kappa shape index (κ3) is 5.94. The molecule has 3 aromatic carbocycles. The standard InChI is InChI=1S/C32H37N3O2/c1-23-12-13-24(2)28(18-23)21-34-16-14-26(15-17-34)20-33-31(36)30(19-25-8-4-3-5-9-25)35-22-27-10-6-7-11-29(27)32(35)37/h3-13,18,26,30H,14-17,19-22H2,1-2H3,(H,33,36)/t30-/m0/s1. The zero-order valence-corrected chi connectivity index (χ0v) is 22.0. The van der Waals surface area contributed by atoms with E-state index in [-0.39, 0.29) is 11.8 Å². The second-order valence-corrected chi connectivity index (χ2v) is 10.7. The number of carbonyl (C=O) groups excluding carboxylic acids is 2. The van der Waals surface area contributed by atoms with Gasteiger partial charge < -0.3 is 10.2 Å². The van der Waals surface area contributed by atoms with Crippen molar-refractivity contribution < 1.29 is 9.59 Å². The second kappa shape index (κ2) is 11.3. The lowest BCUT2D eigenvalue weighted by Crippen LogP contribution is -2.49. The molecule has 1 saturated heterocycles. The number of nitrogens with one attached hydrogen (secondary N) is 1. The molecule has 0 radical (unpaired) electrons. The number of amides is 2. The van der Waals surface area contributed by atoms with Gasteiger partial charge in [0.1, 0.15) is 6.04 Å². The molecule has 0 saturated carbocycles. The van der Waals surface area contributed by atoms with Crippen molar-refractivity contribution in [2.75, 3.05) is 19.6 Å². The van der Waals surface area contributed by atoms with Crippen LogP contribution in [0.3, 0.4) is 0 Å². The molecule has 3 aromatic rings. The number of hydrogen-bond donors (Lipinski definition) is 1. The molecule has 1 fully saturated rings. The van der Waals surface area contributed by atoms with Gasteiger partial charge >= 0.3 is 0 Å². The van der Waals surface area contributed by atoms with E-state index in [1.165, 1.54) is 16.7 Å². The molecule has 0 bridgehead atoms. The van der Waals surface area contributed by atoms with E-state index in [1.807, 2.05) is 54.6 Å². The van der Waals surface area contributed by atoms with Crippen LogP contribution in [0.4, 0.5) is 0 Å². The molecular formula is C32H37N3O2. The van der Waals surface area contributed by atoms with Gasteiger partial charge in [0.25, 0.3) is 5.91 Å². The molecule has 5 nitrogen and oxygen atoms in total. The van der Waals surface area contributed by atoms with Gasteiger partial charge in [-0.3, -0.25) is 14.5 Å². The van der Waals surface area contributed by atoms with Gasteiger partial charge in [-0.05, 0) is 74.0 Å². The number of benzene rings is 3. The van der Waals surface area contributed by atoms with Crippen molar-refractivity contribution in [3.8, 4) is 0 Å². The molecule has 192 valence electrons. The average Bonchev–Trinajstić information content (AvgIpc) is 3.25. The van der Waals surface area contributed by atoms with Gasteiger partial charge in [-0.2, -0.15) is 0 Å². The van der Waals surface area contributed by atoms with Crippen LogP contribution in [0.25, 0.3) is 0 Å². The van der Waals surface area contributed by atoms with Crippen molar-refractivity contribution in [3.05, 3.63) is 106 Å². The zero-order valence-electron chi connectivity index (χ0n) is 22.0. The Labute approximate surface area is 220 Å². The van der Waals surface area contributed by atoms with Crippen LogP contribution in [-0.2, 0) is 24.3 Å². The summed E-state index contributed by atoms with van der Waals surface area (Å²) in [5.41, 5.74) is 6.84. The van der Waals surface area contributed by atoms with Crippen molar-refractivity contribution in [2.45, 2.75) is 52.2 Å². The number of nitrogens with zero attached hydrogens (tertiary/aromatic N) is 2. The molecule has 0 aromatic heterocycles. The molecule has 2 aliphatic rings. The minimum atomic E-state index is -0.522. The van der Waals surface area contributed by atoms with E-state index in [0.717, 1.165) is 43.6 Å². The molecule has 1 N–H and O–H groups in total. The third-order valence-electron chi connectivity index (χ3n) is 7.97. The zero-order chi connectivity index (χ0) is 25.8. The fourth-order valence-electron chi connectivity index (χ4n) is 5.63. The molecule has 2 aliphatic heterocycles. The first-order valence-corrected chi connectivity index (χ1v) is 13.5. The summed E-state index contributed by atoms with van der Waals surface area (Å²) in [5, 5.41) is 3.23. The summed E-state index contributed by atoms with van der Waals surface area (Å²) in [6, 6.07) is 23.8. The predicted molar refractivity (Wildman–Crippen MR) is 147 cm³/mol. The molecule has 5 rings (SSSR count). The van der Waals surface area contributed by atoms with E-state index in [2.05, 4.69) is 42.3 Å². The van der Waals surface area contributed by atoms with E-state index >= 15 is 0 Å². The first kappa shape index (κ1) is 25.2. The van der Waals surface area contributed by atoms with Crippen LogP contribution in [0.5, 0.6) is 0 Å². The summed E-state index contributed by atoms with van der Waals surface area (Å²) in [6.45, 7) is 8.56. The van der Waals surface area contributed by atoms with E-state index in [1.54, 1.807) is 4.90 Å². The quantitative estimate of drug-likeness (QED) is 0.484. The maximum atomic E-state index is 13.5. The highest BCUT2D eigenvalue weighted by Crippen LogP contribution is 2.26. The minimum Gasteiger partial charge on any atom is -0.354 e. The van der Waals surface area contributed by atoms with E-state index < -0.39 is 6.04 Å². The van der Waals surface area contributed by atoms with Crippen LogP contribution in [0.2, 0.25) is 0 Å². The Bertz CT molecular complexity index is 1250. The number of hydrogen-bond acceptors (Lipinski definition) is 3. The van der Waals surface area contributed by atoms with Gasteiger partial charge in [-0.15, -0.1) is 0 Å². The highest BCUT2D eigenvalue weighted by molar-refractivity contribution is 6.01. The van der Waals surface area contributed by atoms with Crippen molar-refractivity contribution in [2.24, 2.45) is 5.92 Å². The van der Waals surface area contributed by atoms with E-state index in [4.69, 9.17) is 0 Å². The Morgan fingerprint density at radius 2 is 1.70 bits per heavy atom. The monoisotopic (exact) mass is 495 g/mol. The van der Waals surface area contributed by atoms with Gasteiger partial charge in [0.15, 0.2) is 0 Å². The minimum absolute atomic E-state index is 0.0496. The Hall–Kier alpha value is -3.44. The molecular weight excluding hydrogens is 458 g/mol. The fourth-order valence-corrected chi connectivity index (χ4v) is 5.63. The lowest BCUT2D eigenvalue weighted by molar-refractivity contribution is -0.126. The molecule has 0 aliphatic carbocycles. The van der Waals surface area contributed by atoms with Gasteiger partial charge in [-0.1, -0.05) is 72.3 Å². The number of aryl methyl sites for hydroxylation is 2. The summed E-state index contributed by atoms with van der Waals surface area (Å²) in [7, 11) is 0. The Morgan fingerprint density at radius 3 is 2.46 bits per heavy atom. The summed E-state index contributed by atoms with van der Waals surface area (Å²) in [5.74, 6) is 0.358. The van der Waals surface area contributed by atoms with Crippen LogP contribution < -0.4 is 5.32 Å². The van der Waals surface area contributed by atoms with Crippen LogP contribution in [0, 0.1) is 19.8 Å². The summed E-state index contributed by atoms with van der Waals surface area (Å²) < 4.78 is 0. The lowest BCUT2D eigenvalue weighted by atomic mass is 9.95. The molecule has 1 atom stereocenters. The Kier molecular flexibility index (Phi) is 7.71. The van der Waals surface area contributed by atoms with Gasteiger partial charge in [0.2, 0.25) is 5.91 Å². The maximum Gasteiger partial charge on any atom is 0.255 e. The SMILES string of the molecule is Cc1ccc(C)c(CN2CCC(CNC(=O)[C@H](Cc3ccccc3)N3Cc4ccccc4C3=O)CC2)c1. The van der Waals surface area contributed by atoms with Crippen LogP contribution in [-0.4, -0.2) is 47.3 Å². The van der Waals surface area contributed by atoms with Crippen molar-refractivity contribution in [3.63, 3.8) is 0 Å². The fraction of sp³-hybridized carbons (Fsp3) is 0.375. The van der Waals surface area contributed by atoms with Gasteiger partial charge in [0, 0.05) is 31.6 Å². The molecule has 2 amide bonds. The van der Waals surface area contributed by atoms with Crippen molar-refractivity contribution in [1.29, 1.82) is 0 Å². The summed E-state index contributed by atoms with van der Waals surface area (Å²) >= 11 is 0. The molecule has 0 unspecified atom stereocenters. The summed E-state index contributed by atoms with van der Waals surface area (Å²) in [4.78, 5) is 31.0. The summed E-state index contributed by atoms with van der Waals surface area (Å²) in [6.07, 6.45) is 2.66. The van der Waals surface area contributed by atoms with Crippen LogP contribution in [0.1, 0.15) is 51.0 Å². The van der Waals surface area contributed by atoms with Crippen molar-refractivity contribution in [1.82, 2.24) is 15.1 Å². The number of rotatable bonds is 8. The first-order valence-electron chi connectivity index (χ1n) is 13.5. The average molecular weight is 496 g/mol. The molecule has 0 spiro atoms. The highest BCUT2D eigenvalue weighted by atomic mass is 16.2. The Balaban J connectivity index is 1.19. The van der Waals surface area contributed by atoms with Crippen LogP contribution in [0.15, 0.2) is 72.8 Å². The number of likely N-dealkylation sites (tertiary alicyclic amines) is 1.